The molecule has 3 heterocycles. The van der Waals surface area contributed by atoms with E-state index < -0.39 is 0 Å². The molecule has 6 nitrogen and oxygen atoms in total. The van der Waals surface area contributed by atoms with Crippen LogP contribution in [0.5, 0.6) is 0 Å². The molecule has 22 heavy (non-hydrogen) atoms. The second-order valence-electron chi connectivity index (χ2n) is 5.79. The molecule has 116 valence electrons. The fourth-order valence-electron chi connectivity index (χ4n) is 2.60. The van der Waals surface area contributed by atoms with Crippen LogP contribution in [-0.4, -0.2) is 36.3 Å². The number of hydrogen-bond acceptors (Lipinski definition) is 6. The number of anilines is 2. The van der Waals surface area contributed by atoms with Crippen molar-refractivity contribution < 1.29 is 9.15 Å². The molecule has 0 aromatic carbocycles. The van der Waals surface area contributed by atoms with Gasteiger partial charge in [-0.2, -0.15) is 0 Å². The standard InChI is InChI=1S/C16H20N4O2/c1-2-12(1)16-19-11-14(22-16)10-18-15-4-3-13(9-17-15)20-5-7-21-8-6-20/h3-4,9,11-12H,1-2,5-8,10H2,(H,17,18). The van der Waals surface area contributed by atoms with Crippen molar-refractivity contribution in [3.05, 3.63) is 36.2 Å². The zero-order valence-electron chi connectivity index (χ0n) is 12.5. The summed E-state index contributed by atoms with van der Waals surface area (Å²) in [4.78, 5) is 11.1. The number of ether oxygens (including phenoxy) is 1. The SMILES string of the molecule is c1cc(NCc2cnc(C3CC3)o2)ncc1N1CCOCC1. The summed E-state index contributed by atoms with van der Waals surface area (Å²) in [5, 5.41) is 3.28. The smallest absolute Gasteiger partial charge is 0.197 e. The molecule has 1 saturated heterocycles. The molecule has 1 saturated carbocycles. The molecular weight excluding hydrogens is 280 g/mol. The molecular formula is C16H20N4O2. The minimum atomic E-state index is 0.555. The van der Waals surface area contributed by atoms with Gasteiger partial charge in [0.1, 0.15) is 11.6 Å². The monoisotopic (exact) mass is 300 g/mol. The molecule has 0 atom stereocenters. The minimum Gasteiger partial charge on any atom is -0.444 e. The number of nitrogens with one attached hydrogen (secondary N) is 1. The molecule has 2 aliphatic rings. The van der Waals surface area contributed by atoms with Crippen molar-refractivity contribution >= 4 is 11.5 Å². The van der Waals surface area contributed by atoms with Crippen LogP contribution in [0.25, 0.3) is 0 Å². The van der Waals surface area contributed by atoms with Crippen molar-refractivity contribution in [1.82, 2.24) is 9.97 Å². The van der Waals surface area contributed by atoms with Crippen LogP contribution in [0.4, 0.5) is 11.5 Å². The maximum Gasteiger partial charge on any atom is 0.197 e. The van der Waals surface area contributed by atoms with Gasteiger partial charge in [0.15, 0.2) is 5.89 Å². The Morgan fingerprint density at radius 2 is 2.00 bits per heavy atom. The highest BCUT2D eigenvalue weighted by molar-refractivity contribution is 5.49. The highest BCUT2D eigenvalue weighted by Crippen LogP contribution is 2.39. The van der Waals surface area contributed by atoms with Gasteiger partial charge in [-0.1, -0.05) is 0 Å². The summed E-state index contributed by atoms with van der Waals surface area (Å²) in [6.45, 7) is 4.04. The number of rotatable bonds is 5. The zero-order chi connectivity index (χ0) is 14.8. The first-order valence-electron chi connectivity index (χ1n) is 7.86. The second-order valence-corrected chi connectivity index (χ2v) is 5.79. The van der Waals surface area contributed by atoms with Gasteiger partial charge >= 0.3 is 0 Å². The lowest BCUT2D eigenvalue weighted by Crippen LogP contribution is -2.36. The predicted molar refractivity (Wildman–Crippen MR) is 83.1 cm³/mol. The summed E-state index contributed by atoms with van der Waals surface area (Å²) in [6, 6.07) is 4.10. The maximum atomic E-state index is 5.72. The molecule has 0 bridgehead atoms. The predicted octanol–water partition coefficient (Wildman–Crippen LogP) is 2.40. The van der Waals surface area contributed by atoms with Gasteiger partial charge < -0.3 is 19.4 Å². The molecule has 0 amide bonds. The van der Waals surface area contributed by atoms with Crippen LogP contribution in [0.3, 0.4) is 0 Å². The molecule has 1 N–H and O–H groups in total. The Hall–Kier alpha value is -2.08. The van der Waals surface area contributed by atoms with Crippen LogP contribution in [0.15, 0.2) is 28.9 Å². The number of aromatic nitrogens is 2. The molecule has 1 aliphatic heterocycles. The molecule has 2 aromatic heterocycles. The lowest BCUT2D eigenvalue weighted by molar-refractivity contribution is 0.122. The molecule has 0 radical (unpaired) electrons. The Bertz CT molecular complexity index is 615. The summed E-state index contributed by atoms with van der Waals surface area (Å²) in [7, 11) is 0. The van der Waals surface area contributed by atoms with E-state index in [1.165, 1.54) is 12.8 Å². The first-order valence-corrected chi connectivity index (χ1v) is 7.86. The fourth-order valence-corrected chi connectivity index (χ4v) is 2.60. The van der Waals surface area contributed by atoms with E-state index in [4.69, 9.17) is 9.15 Å². The van der Waals surface area contributed by atoms with Crippen LogP contribution in [0, 0.1) is 0 Å². The van der Waals surface area contributed by atoms with E-state index in [0.29, 0.717) is 12.5 Å². The van der Waals surface area contributed by atoms with E-state index in [-0.39, 0.29) is 0 Å². The van der Waals surface area contributed by atoms with Crippen molar-refractivity contribution in [3.8, 4) is 0 Å². The van der Waals surface area contributed by atoms with E-state index >= 15 is 0 Å². The fraction of sp³-hybridized carbons (Fsp3) is 0.500. The number of pyridine rings is 1. The Morgan fingerprint density at radius 3 is 2.73 bits per heavy atom. The number of nitrogens with zero attached hydrogens (tertiary/aromatic N) is 3. The van der Waals surface area contributed by atoms with E-state index in [2.05, 4.69) is 26.3 Å². The highest BCUT2D eigenvalue weighted by Gasteiger charge is 2.28. The molecule has 2 aromatic rings. The summed E-state index contributed by atoms with van der Waals surface area (Å²) in [6.07, 6.45) is 6.13. The Morgan fingerprint density at radius 1 is 1.14 bits per heavy atom. The average molecular weight is 300 g/mol. The number of morpholine rings is 1. The molecule has 0 spiro atoms. The van der Waals surface area contributed by atoms with E-state index in [1.807, 2.05) is 18.5 Å². The maximum absolute atomic E-state index is 5.72. The van der Waals surface area contributed by atoms with Gasteiger partial charge in [-0.15, -0.1) is 0 Å². The van der Waals surface area contributed by atoms with Crippen LogP contribution in [0.2, 0.25) is 0 Å². The number of hydrogen-bond donors (Lipinski definition) is 1. The lowest BCUT2D eigenvalue weighted by atomic mass is 10.3. The first-order chi connectivity index (χ1) is 10.9. The van der Waals surface area contributed by atoms with Crippen LogP contribution in [0.1, 0.15) is 30.4 Å². The van der Waals surface area contributed by atoms with Gasteiger partial charge in [-0.3, -0.25) is 0 Å². The van der Waals surface area contributed by atoms with Crippen molar-refractivity contribution in [2.45, 2.75) is 25.3 Å². The minimum absolute atomic E-state index is 0.555. The molecule has 4 rings (SSSR count). The topological polar surface area (TPSA) is 63.4 Å². The summed E-state index contributed by atoms with van der Waals surface area (Å²) < 4.78 is 11.1. The first kappa shape index (κ1) is 13.6. The van der Waals surface area contributed by atoms with E-state index in [9.17, 15) is 0 Å². The van der Waals surface area contributed by atoms with E-state index in [0.717, 1.165) is 49.5 Å². The van der Waals surface area contributed by atoms with Gasteiger partial charge in [0, 0.05) is 19.0 Å². The third kappa shape index (κ3) is 3.06. The van der Waals surface area contributed by atoms with Gasteiger partial charge in [-0.25, -0.2) is 9.97 Å². The van der Waals surface area contributed by atoms with Crippen molar-refractivity contribution in [2.24, 2.45) is 0 Å². The molecule has 6 heteroatoms. The Kier molecular flexibility index (Phi) is 3.68. The van der Waals surface area contributed by atoms with Crippen LogP contribution < -0.4 is 10.2 Å². The van der Waals surface area contributed by atoms with Crippen molar-refractivity contribution in [3.63, 3.8) is 0 Å². The van der Waals surface area contributed by atoms with Crippen LogP contribution in [-0.2, 0) is 11.3 Å². The average Bonchev–Trinajstić information content (AvgIpc) is 3.33. The van der Waals surface area contributed by atoms with Gasteiger partial charge in [0.05, 0.1) is 37.8 Å². The zero-order valence-corrected chi connectivity index (χ0v) is 12.5. The van der Waals surface area contributed by atoms with Gasteiger partial charge in [0.2, 0.25) is 0 Å². The summed E-state index contributed by atoms with van der Waals surface area (Å²) in [5.41, 5.74) is 1.14. The Balaban J connectivity index is 1.34. The normalized spacial score (nSPS) is 18.5. The van der Waals surface area contributed by atoms with Crippen molar-refractivity contribution in [2.75, 3.05) is 36.5 Å². The second kappa shape index (κ2) is 5.96. The third-order valence-electron chi connectivity index (χ3n) is 4.07. The van der Waals surface area contributed by atoms with E-state index in [1.54, 1.807) is 0 Å². The molecule has 2 fully saturated rings. The number of oxazole rings is 1. The van der Waals surface area contributed by atoms with Crippen LogP contribution >= 0.6 is 0 Å². The van der Waals surface area contributed by atoms with Gasteiger partial charge in [-0.05, 0) is 25.0 Å². The lowest BCUT2D eigenvalue weighted by Gasteiger charge is -2.28. The Labute approximate surface area is 129 Å². The molecule has 0 unspecified atom stereocenters. The largest absolute Gasteiger partial charge is 0.444 e. The summed E-state index contributed by atoms with van der Waals surface area (Å²) in [5.74, 6) is 3.15. The van der Waals surface area contributed by atoms with Gasteiger partial charge in [0.25, 0.3) is 0 Å². The third-order valence-corrected chi connectivity index (χ3v) is 4.07. The molecule has 1 aliphatic carbocycles. The highest BCUT2D eigenvalue weighted by atomic mass is 16.5. The van der Waals surface area contributed by atoms with Crippen molar-refractivity contribution in [1.29, 1.82) is 0 Å². The summed E-state index contributed by atoms with van der Waals surface area (Å²) >= 11 is 0. The quantitative estimate of drug-likeness (QED) is 0.915.